The molecule has 2 rings (SSSR count). The first-order valence-electron chi connectivity index (χ1n) is 5.03. The van der Waals surface area contributed by atoms with Crippen molar-refractivity contribution in [3.63, 3.8) is 0 Å². The maximum atomic E-state index is 13.4. The fraction of sp³-hybridized carbons (Fsp3) is 0.300. The Morgan fingerprint density at radius 1 is 1.39 bits per heavy atom. The van der Waals surface area contributed by atoms with E-state index in [1.54, 1.807) is 0 Å². The van der Waals surface area contributed by atoms with Gasteiger partial charge in [0.2, 0.25) is 0 Å². The molecular formula is C10H8Cl2FNO3S. The Balaban J connectivity index is 2.44. The summed E-state index contributed by atoms with van der Waals surface area (Å²) in [5.74, 6) is -1.61. The molecule has 8 heteroatoms. The molecule has 1 aliphatic carbocycles. The monoisotopic (exact) mass is 311 g/mol. The summed E-state index contributed by atoms with van der Waals surface area (Å²) in [4.78, 5) is 11.3. The van der Waals surface area contributed by atoms with Crippen LogP contribution in [0.25, 0.3) is 0 Å². The first kappa shape index (κ1) is 13.6. The van der Waals surface area contributed by atoms with Crippen molar-refractivity contribution in [3.05, 3.63) is 28.5 Å². The second-order valence-corrected chi connectivity index (χ2v) is 6.90. The van der Waals surface area contributed by atoms with Crippen LogP contribution in [0.5, 0.6) is 0 Å². The van der Waals surface area contributed by atoms with Gasteiger partial charge in [-0.05, 0) is 25.0 Å². The average Bonchev–Trinajstić information content (AvgIpc) is 3.03. The molecule has 0 spiro atoms. The van der Waals surface area contributed by atoms with Crippen LogP contribution >= 0.6 is 22.3 Å². The predicted molar refractivity (Wildman–Crippen MR) is 64.9 cm³/mol. The second-order valence-electron chi connectivity index (χ2n) is 3.95. The van der Waals surface area contributed by atoms with Gasteiger partial charge in [0.05, 0.1) is 15.5 Å². The third kappa shape index (κ3) is 2.93. The summed E-state index contributed by atoms with van der Waals surface area (Å²) in [5.41, 5.74) is -0.234. The fourth-order valence-electron chi connectivity index (χ4n) is 1.36. The van der Waals surface area contributed by atoms with Gasteiger partial charge in [0, 0.05) is 16.7 Å². The van der Waals surface area contributed by atoms with Crippen LogP contribution in [-0.4, -0.2) is 20.4 Å². The minimum absolute atomic E-state index is 0.0490. The molecule has 1 saturated carbocycles. The number of carbonyl (C=O) groups excluding carboxylic acids is 1. The van der Waals surface area contributed by atoms with Crippen molar-refractivity contribution < 1.29 is 17.6 Å². The molecule has 0 saturated heterocycles. The van der Waals surface area contributed by atoms with Crippen molar-refractivity contribution >= 4 is 37.2 Å². The lowest BCUT2D eigenvalue weighted by Gasteiger charge is -2.07. The van der Waals surface area contributed by atoms with Crippen LogP contribution in [0.4, 0.5) is 4.39 Å². The van der Waals surface area contributed by atoms with Gasteiger partial charge < -0.3 is 5.32 Å². The fourth-order valence-corrected chi connectivity index (χ4v) is 2.33. The van der Waals surface area contributed by atoms with Crippen molar-refractivity contribution in [2.75, 3.05) is 0 Å². The van der Waals surface area contributed by atoms with Crippen LogP contribution in [0.1, 0.15) is 23.2 Å². The molecule has 18 heavy (non-hydrogen) atoms. The van der Waals surface area contributed by atoms with Gasteiger partial charge in [-0.1, -0.05) is 11.6 Å². The molecule has 1 aromatic carbocycles. The Labute approximate surface area is 112 Å². The SMILES string of the molecule is O=C(NC1CC1)c1cc(S(=O)(=O)Cl)cc(F)c1Cl. The van der Waals surface area contributed by atoms with Crippen molar-refractivity contribution in [3.8, 4) is 0 Å². The number of nitrogens with one attached hydrogen (secondary N) is 1. The molecule has 0 radical (unpaired) electrons. The van der Waals surface area contributed by atoms with Gasteiger partial charge in [-0.3, -0.25) is 4.79 Å². The number of carbonyl (C=O) groups is 1. The smallest absolute Gasteiger partial charge is 0.261 e. The van der Waals surface area contributed by atoms with E-state index < -0.39 is 30.7 Å². The van der Waals surface area contributed by atoms with Crippen LogP contribution < -0.4 is 5.32 Å². The van der Waals surface area contributed by atoms with E-state index in [2.05, 4.69) is 5.32 Å². The molecule has 0 aromatic heterocycles. The average molecular weight is 312 g/mol. The first-order chi connectivity index (χ1) is 8.29. The lowest BCUT2D eigenvalue weighted by atomic mass is 10.2. The van der Waals surface area contributed by atoms with E-state index >= 15 is 0 Å². The van der Waals surface area contributed by atoms with Gasteiger partial charge in [-0.15, -0.1) is 0 Å². The number of hydrogen-bond donors (Lipinski definition) is 1. The van der Waals surface area contributed by atoms with Gasteiger partial charge in [-0.25, -0.2) is 12.8 Å². The molecule has 1 fully saturated rings. The zero-order chi connectivity index (χ0) is 13.5. The summed E-state index contributed by atoms with van der Waals surface area (Å²) in [6.45, 7) is 0. The van der Waals surface area contributed by atoms with E-state index in [0.29, 0.717) is 6.07 Å². The standard InChI is InChI=1S/C10H8Cl2FNO3S/c11-9-7(10(15)14-5-1-2-5)3-6(4-8(9)13)18(12,16)17/h3-5H,1-2H2,(H,14,15). The van der Waals surface area contributed by atoms with Crippen LogP contribution in [0.3, 0.4) is 0 Å². The largest absolute Gasteiger partial charge is 0.349 e. The lowest BCUT2D eigenvalue weighted by Crippen LogP contribution is -2.26. The van der Waals surface area contributed by atoms with E-state index in [4.69, 9.17) is 22.3 Å². The molecule has 1 aliphatic rings. The highest BCUT2D eigenvalue weighted by atomic mass is 35.7. The number of hydrogen-bond acceptors (Lipinski definition) is 3. The molecule has 1 N–H and O–H groups in total. The zero-order valence-electron chi connectivity index (χ0n) is 8.91. The number of amides is 1. The highest BCUT2D eigenvalue weighted by Gasteiger charge is 2.26. The van der Waals surface area contributed by atoms with Crippen molar-refractivity contribution in [2.24, 2.45) is 0 Å². The highest BCUT2D eigenvalue weighted by Crippen LogP contribution is 2.27. The predicted octanol–water partition coefficient (Wildman–Crippen LogP) is 2.30. The van der Waals surface area contributed by atoms with Crippen LogP contribution in [0.15, 0.2) is 17.0 Å². The van der Waals surface area contributed by atoms with Crippen LogP contribution in [-0.2, 0) is 9.05 Å². The first-order valence-corrected chi connectivity index (χ1v) is 7.72. The Kier molecular flexibility index (Phi) is 3.53. The van der Waals surface area contributed by atoms with Crippen LogP contribution in [0, 0.1) is 5.82 Å². The maximum absolute atomic E-state index is 13.4. The summed E-state index contributed by atoms with van der Waals surface area (Å²) < 4.78 is 35.7. The number of halogens is 3. The molecule has 0 atom stereocenters. The van der Waals surface area contributed by atoms with Gasteiger partial charge >= 0.3 is 0 Å². The van der Waals surface area contributed by atoms with Crippen molar-refractivity contribution in [1.29, 1.82) is 0 Å². The molecule has 98 valence electrons. The normalized spacial score (nSPS) is 15.5. The Morgan fingerprint density at radius 2 is 2.00 bits per heavy atom. The van der Waals surface area contributed by atoms with Gasteiger partial charge in [-0.2, -0.15) is 0 Å². The summed E-state index contributed by atoms with van der Waals surface area (Å²) in [6.07, 6.45) is 1.69. The third-order valence-electron chi connectivity index (χ3n) is 2.44. The topological polar surface area (TPSA) is 63.2 Å². The van der Waals surface area contributed by atoms with E-state index in [-0.39, 0.29) is 11.6 Å². The van der Waals surface area contributed by atoms with E-state index in [0.717, 1.165) is 18.9 Å². The number of rotatable bonds is 3. The second kappa shape index (κ2) is 4.68. The minimum atomic E-state index is -4.12. The van der Waals surface area contributed by atoms with Crippen molar-refractivity contribution in [1.82, 2.24) is 5.32 Å². The summed E-state index contributed by atoms with van der Waals surface area (Å²) in [7, 11) is 0.991. The molecule has 0 unspecified atom stereocenters. The van der Waals surface area contributed by atoms with Gasteiger partial charge in [0.1, 0.15) is 5.82 Å². The maximum Gasteiger partial charge on any atom is 0.261 e. The highest BCUT2D eigenvalue weighted by molar-refractivity contribution is 8.13. The summed E-state index contributed by atoms with van der Waals surface area (Å²) in [5, 5.41) is 2.17. The molecule has 1 aromatic rings. The van der Waals surface area contributed by atoms with E-state index in [9.17, 15) is 17.6 Å². The molecule has 0 heterocycles. The van der Waals surface area contributed by atoms with Gasteiger partial charge in [0.25, 0.3) is 15.0 Å². The number of benzene rings is 1. The Hall–Kier alpha value is -0.850. The van der Waals surface area contributed by atoms with E-state index in [1.165, 1.54) is 0 Å². The molecule has 1 amide bonds. The zero-order valence-corrected chi connectivity index (χ0v) is 11.2. The van der Waals surface area contributed by atoms with Crippen molar-refractivity contribution in [2.45, 2.75) is 23.8 Å². The van der Waals surface area contributed by atoms with E-state index in [1.807, 2.05) is 0 Å². The Bertz CT molecular complexity index is 614. The summed E-state index contributed by atoms with van der Waals surface area (Å²) >= 11 is 5.64. The lowest BCUT2D eigenvalue weighted by molar-refractivity contribution is 0.0950. The van der Waals surface area contributed by atoms with Gasteiger partial charge in [0.15, 0.2) is 0 Å². The molecule has 0 bridgehead atoms. The third-order valence-corrected chi connectivity index (χ3v) is 4.16. The molecule has 4 nitrogen and oxygen atoms in total. The minimum Gasteiger partial charge on any atom is -0.349 e. The quantitative estimate of drug-likeness (QED) is 0.871. The Morgan fingerprint density at radius 3 is 2.50 bits per heavy atom. The molecular weight excluding hydrogens is 304 g/mol. The summed E-state index contributed by atoms with van der Waals surface area (Å²) in [6, 6.07) is 1.69. The molecule has 0 aliphatic heterocycles. The van der Waals surface area contributed by atoms with Crippen LogP contribution in [0.2, 0.25) is 5.02 Å².